The van der Waals surface area contributed by atoms with Crippen LogP contribution in [0.3, 0.4) is 0 Å². The minimum absolute atomic E-state index is 0.109. The number of aliphatic hydroxyl groups is 1. The van der Waals surface area contributed by atoms with Crippen LogP contribution in [0.15, 0.2) is 0 Å². The molecule has 0 radical (unpaired) electrons. The summed E-state index contributed by atoms with van der Waals surface area (Å²) in [5.74, 6) is -1.29. The van der Waals surface area contributed by atoms with Crippen molar-refractivity contribution < 1.29 is 80.2 Å². The Kier molecular flexibility index (Phi) is 80.2. The van der Waals surface area contributed by atoms with Gasteiger partial charge in [-0.15, -0.1) is 0 Å². The summed E-state index contributed by atoms with van der Waals surface area (Å²) >= 11 is 0. The highest BCUT2D eigenvalue weighted by Gasteiger charge is 2.30. The topological polar surface area (TPSA) is 237 Å². The SMILES string of the molecule is CCCCCCCCCCCCCCCCCCCCCCC(=O)O[C@H](COC(=O)CCCCCCCCCCCCCCCCCCCCC)COP(=O)(O)OC[C@@H](O)COP(=O)(O)OC[C@@H](COC(=O)CCCCCCCCCCCCC)OC(=O)CCCCCCCCCCCCCCCCCC(C)C. The number of hydrogen-bond donors (Lipinski definition) is 3. The van der Waals surface area contributed by atoms with E-state index < -0.39 is 97.5 Å². The van der Waals surface area contributed by atoms with Crippen LogP contribution < -0.4 is 0 Å². The molecule has 642 valence electrons. The lowest BCUT2D eigenvalue weighted by molar-refractivity contribution is -0.161. The smallest absolute Gasteiger partial charge is 0.462 e. The van der Waals surface area contributed by atoms with E-state index in [-0.39, 0.29) is 25.7 Å². The lowest BCUT2D eigenvalue weighted by Crippen LogP contribution is -2.30. The van der Waals surface area contributed by atoms with Gasteiger partial charge in [-0.25, -0.2) is 9.13 Å². The van der Waals surface area contributed by atoms with Crippen molar-refractivity contribution in [1.29, 1.82) is 0 Å². The third kappa shape index (κ3) is 82.1. The van der Waals surface area contributed by atoms with Crippen molar-refractivity contribution in [2.45, 2.75) is 502 Å². The summed E-state index contributed by atoms with van der Waals surface area (Å²) < 4.78 is 69.0. The Morgan fingerprint density at radius 3 is 0.630 bits per heavy atom. The molecule has 0 heterocycles. The largest absolute Gasteiger partial charge is 0.472 e. The number of carbonyl (C=O) groups excluding carboxylic acids is 4. The molecule has 19 heteroatoms. The van der Waals surface area contributed by atoms with Crippen molar-refractivity contribution in [3.63, 3.8) is 0 Å². The van der Waals surface area contributed by atoms with E-state index >= 15 is 0 Å². The van der Waals surface area contributed by atoms with Crippen molar-refractivity contribution in [2.24, 2.45) is 5.92 Å². The molecule has 5 atom stereocenters. The van der Waals surface area contributed by atoms with E-state index in [4.69, 9.17) is 37.0 Å². The average Bonchev–Trinajstić information content (AvgIpc) is 0.901. The fourth-order valence-corrected chi connectivity index (χ4v) is 15.6. The Morgan fingerprint density at radius 2 is 0.426 bits per heavy atom. The number of rotatable bonds is 89. The van der Waals surface area contributed by atoms with Crippen LogP contribution in [0.2, 0.25) is 0 Å². The monoisotopic (exact) mass is 1580 g/mol. The van der Waals surface area contributed by atoms with Crippen LogP contribution >= 0.6 is 15.6 Å². The Hall–Kier alpha value is -1.94. The molecule has 0 fully saturated rings. The van der Waals surface area contributed by atoms with E-state index in [0.29, 0.717) is 25.7 Å². The molecule has 0 saturated carbocycles. The molecule has 0 amide bonds. The van der Waals surface area contributed by atoms with E-state index in [2.05, 4.69) is 34.6 Å². The summed E-state index contributed by atoms with van der Waals surface area (Å²) in [6.45, 7) is 7.41. The van der Waals surface area contributed by atoms with Crippen LogP contribution in [-0.2, 0) is 65.4 Å². The number of phosphoric acid groups is 2. The van der Waals surface area contributed by atoms with Crippen molar-refractivity contribution >= 4 is 39.5 Å². The van der Waals surface area contributed by atoms with Crippen molar-refractivity contribution in [1.82, 2.24) is 0 Å². The van der Waals surface area contributed by atoms with Gasteiger partial charge in [0.2, 0.25) is 0 Å². The zero-order valence-corrected chi connectivity index (χ0v) is 72.8. The van der Waals surface area contributed by atoms with Gasteiger partial charge in [0.05, 0.1) is 26.4 Å². The maximum absolute atomic E-state index is 13.2. The molecule has 0 aliphatic heterocycles. The minimum Gasteiger partial charge on any atom is -0.462 e. The van der Waals surface area contributed by atoms with E-state index in [1.807, 2.05) is 0 Å². The summed E-state index contributed by atoms with van der Waals surface area (Å²) in [7, 11) is -9.93. The Balaban J connectivity index is 5.23. The predicted molar refractivity (Wildman–Crippen MR) is 446 cm³/mol. The zero-order valence-electron chi connectivity index (χ0n) is 71.0. The molecule has 0 aliphatic rings. The van der Waals surface area contributed by atoms with Gasteiger partial charge in [-0.2, -0.15) is 0 Å². The normalized spacial score (nSPS) is 13.7. The van der Waals surface area contributed by atoms with Gasteiger partial charge in [0.15, 0.2) is 12.2 Å². The summed E-state index contributed by atoms with van der Waals surface area (Å²) in [6, 6.07) is 0. The van der Waals surface area contributed by atoms with Crippen LogP contribution in [-0.4, -0.2) is 96.7 Å². The molecule has 0 bridgehead atoms. The Bertz CT molecular complexity index is 2050. The first kappa shape index (κ1) is 106. The van der Waals surface area contributed by atoms with E-state index in [1.54, 1.807) is 0 Å². The quantitative estimate of drug-likeness (QED) is 0.0222. The summed E-state index contributed by atoms with van der Waals surface area (Å²) in [5.41, 5.74) is 0. The van der Waals surface area contributed by atoms with Crippen molar-refractivity contribution in [3.8, 4) is 0 Å². The lowest BCUT2D eigenvalue weighted by atomic mass is 10.0. The van der Waals surface area contributed by atoms with E-state index in [9.17, 15) is 43.2 Å². The molecule has 0 aromatic heterocycles. The summed E-state index contributed by atoms with van der Waals surface area (Å²) in [4.78, 5) is 73.3. The van der Waals surface area contributed by atoms with E-state index in [0.717, 1.165) is 95.8 Å². The predicted octanol–water partition coefficient (Wildman–Crippen LogP) is 27.5. The Labute approximate surface area is 664 Å². The van der Waals surface area contributed by atoms with Crippen LogP contribution in [0.5, 0.6) is 0 Å². The maximum atomic E-state index is 13.2. The van der Waals surface area contributed by atoms with Gasteiger partial charge in [-0.1, -0.05) is 433 Å². The lowest BCUT2D eigenvalue weighted by Gasteiger charge is -2.21. The number of carbonyl (C=O) groups is 4. The molecule has 3 N–H and O–H groups in total. The molecule has 0 rings (SSSR count). The van der Waals surface area contributed by atoms with Crippen molar-refractivity contribution in [3.05, 3.63) is 0 Å². The van der Waals surface area contributed by atoms with Crippen LogP contribution in [0, 0.1) is 5.92 Å². The highest BCUT2D eigenvalue weighted by Crippen LogP contribution is 2.45. The molecule has 17 nitrogen and oxygen atoms in total. The first-order valence-corrected chi connectivity index (χ1v) is 49.1. The number of unbranched alkanes of at least 4 members (excludes halogenated alkanes) is 61. The van der Waals surface area contributed by atoms with Gasteiger partial charge in [0.1, 0.15) is 19.3 Å². The number of ether oxygens (including phenoxy) is 4. The van der Waals surface area contributed by atoms with E-state index in [1.165, 1.54) is 308 Å². The number of esters is 4. The van der Waals surface area contributed by atoms with Gasteiger partial charge >= 0.3 is 39.5 Å². The maximum Gasteiger partial charge on any atom is 0.472 e. The van der Waals surface area contributed by atoms with Crippen LogP contribution in [0.1, 0.15) is 484 Å². The second-order valence-corrected chi connectivity index (χ2v) is 35.4. The fourth-order valence-electron chi connectivity index (χ4n) is 14.0. The van der Waals surface area contributed by atoms with Gasteiger partial charge in [-0.3, -0.25) is 37.3 Å². The number of phosphoric ester groups is 2. The Morgan fingerprint density at radius 1 is 0.250 bits per heavy atom. The van der Waals surface area contributed by atoms with Crippen molar-refractivity contribution in [2.75, 3.05) is 39.6 Å². The molecular formula is C89H174O17P2. The fraction of sp³-hybridized carbons (Fsp3) is 0.955. The number of aliphatic hydroxyl groups excluding tert-OH is 1. The third-order valence-corrected chi connectivity index (χ3v) is 22.9. The molecule has 0 aliphatic carbocycles. The molecule has 2 unspecified atom stereocenters. The number of hydrogen-bond acceptors (Lipinski definition) is 15. The first-order valence-electron chi connectivity index (χ1n) is 46.1. The summed E-state index contributed by atoms with van der Waals surface area (Å²) in [5, 5.41) is 10.7. The molecule has 0 aromatic carbocycles. The first-order chi connectivity index (χ1) is 52.5. The van der Waals surface area contributed by atoms with Gasteiger partial charge in [0, 0.05) is 25.7 Å². The second-order valence-electron chi connectivity index (χ2n) is 32.5. The molecule has 0 aromatic rings. The van der Waals surface area contributed by atoms with Gasteiger partial charge < -0.3 is 33.8 Å². The van der Waals surface area contributed by atoms with Crippen LogP contribution in [0.25, 0.3) is 0 Å². The highest BCUT2D eigenvalue weighted by atomic mass is 31.2. The van der Waals surface area contributed by atoms with Gasteiger partial charge in [-0.05, 0) is 31.6 Å². The second kappa shape index (κ2) is 81.6. The molecule has 108 heavy (non-hydrogen) atoms. The molecular weight excluding hydrogens is 1400 g/mol. The molecule has 0 saturated heterocycles. The highest BCUT2D eigenvalue weighted by molar-refractivity contribution is 7.47. The molecule has 0 spiro atoms. The zero-order chi connectivity index (χ0) is 79.0. The minimum atomic E-state index is -4.97. The van der Waals surface area contributed by atoms with Gasteiger partial charge in [0.25, 0.3) is 0 Å². The standard InChI is InChI=1S/C89H174O17P2/c1-6-9-12-15-18-21-24-26-28-30-32-34-36-40-44-49-54-59-64-69-74-88(93)106-85(79-100-87(92)73-68-63-58-53-48-43-39-35-33-31-29-27-25-22-19-16-13-10-7-2)81-104-108(97,98)102-77-83(90)76-101-107(95,96)103-80-84(78-99-86(91)72-67-62-57-52-46-23-20-17-14-11-8-3)105-89(94)75-70-65-60-55-50-45-41-37-38-42-47-51-56-61-66-71-82(4)5/h82-85,90H,6-81H2,1-5H3,(H,95,96)(H,97,98)/t83-,84+,85+/m0/s1. The third-order valence-electron chi connectivity index (χ3n) is 21.0. The van der Waals surface area contributed by atoms with Crippen LogP contribution in [0.4, 0.5) is 0 Å². The summed E-state index contributed by atoms with van der Waals surface area (Å²) in [6.07, 6.45) is 76.4. The average molecular weight is 1580 g/mol.